The molecule has 0 aliphatic heterocycles. The van der Waals surface area contributed by atoms with Crippen molar-refractivity contribution in [3.05, 3.63) is 35.9 Å². The van der Waals surface area contributed by atoms with Gasteiger partial charge in [0.1, 0.15) is 11.6 Å². The SMILES string of the molecule is CC(=O)CCC(C)C.CC(=O)c1ccccc1.CCC(C)(C)O.CCCCC(=O)CC. The fraction of sp³-hybridized carbons (Fsp3) is 0.667. The van der Waals surface area contributed by atoms with Gasteiger partial charge in [0.15, 0.2) is 5.78 Å². The Morgan fingerprint density at radius 2 is 1.42 bits per heavy atom. The molecular formula is C27H48O4. The normalized spacial score (nSPS) is 9.90. The first-order valence-electron chi connectivity index (χ1n) is 11.6. The summed E-state index contributed by atoms with van der Waals surface area (Å²) in [6, 6.07) is 9.23. The van der Waals surface area contributed by atoms with Crippen molar-refractivity contribution in [3.63, 3.8) is 0 Å². The maximum Gasteiger partial charge on any atom is 0.159 e. The molecule has 31 heavy (non-hydrogen) atoms. The fourth-order valence-electron chi connectivity index (χ4n) is 1.72. The van der Waals surface area contributed by atoms with Crippen molar-refractivity contribution in [2.45, 2.75) is 113 Å². The molecule has 1 N–H and O–H groups in total. The third-order valence-electron chi connectivity index (χ3n) is 4.32. The topological polar surface area (TPSA) is 71.4 Å². The highest BCUT2D eigenvalue weighted by Crippen LogP contribution is 2.04. The van der Waals surface area contributed by atoms with Gasteiger partial charge in [-0.25, -0.2) is 0 Å². The van der Waals surface area contributed by atoms with Gasteiger partial charge in [0.05, 0.1) is 5.60 Å². The molecular weight excluding hydrogens is 388 g/mol. The third kappa shape index (κ3) is 33.0. The minimum absolute atomic E-state index is 0.121. The quantitative estimate of drug-likeness (QED) is 0.415. The lowest BCUT2D eigenvalue weighted by molar-refractivity contribution is -0.119. The first kappa shape index (κ1) is 33.8. The number of Topliss-reactive ketones (excluding diaryl/α,β-unsaturated/α-hetero) is 3. The van der Waals surface area contributed by atoms with Gasteiger partial charge in [-0.15, -0.1) is 0 Å². The Hall–Kier alpha value is -1.81. The molecule has 180 valence electrons. The summed E-state index contributed by atoms with van der Waals surface area (Å²) < 4.78 is 0. The maximum atomic E-state index is 10.6. The number of unbranched alkanes of at least 4 members (excludes halogenated alkanes) is 1. The molecule has 0 spiro atoms. The van der Waals surface area contributed by atoms with Crippen LogP contribution in [0.5, 0.6) is 0 Å². The van der Waals surface area contributed by atoms with Gasteiger partial charge >= 0.3 is 0 Å². The molecule has 0 saturated carbocycles. The number of rotatable bonds is 9. The van der Waals surface area contributed by atoms with E-state index < -0.39 is 5.60 Å². The Morgan fingerprint density at radius 3 is 1.65 bits per heavy atom. The van der Waals surface area contributed by atoms with Gasteiger partial charge in [0.2, 0.25) is 0 Å². The standard InChI is InChI=1S/C8H8O.2C7H14O.C5H12O/c1-7(9)8-5-3-2-4-6-8;1-6(2)4-5-7(3)8;1-3-5-6-7(8)4-2;1-4-5(2,3)6/h2-6H,1H3;6H,4-5H2,1-3H3;3-6H2,1-2H3;6H,4H2,1-3H3. The second kappa shape index (κ2) is 21.4. The van der Waals surface area contributed by atoms with E-state index in [0.717, 1.165) is 44.1 Å². The van der Waals surface area contributed by atoms with Crippen LogP contribution in [0.2, 0.25) is 0 Å². The molecule has 0 atom stereocenters. The summed E-state index contributed by atoms with van der Waals surface area (Å²) in [4.78, 5) is 31.6. The first-order valence-corrected chi connectivity index (χ1v) is 11.6. The molecule has 0 aliphatic carbocycles. The van der Waals surface area contributed by atoms with Crippen LogP contribution in [0.4, 0.5) is 0 Å². The lowest BCUT2D eigenvalue weighted by Gasteiger charge is -2.11. The summed E-state index contributed by atoms with van der Waals surface area (Å²) in [5, 5.41) is 8.83. The van der Waals surface area contributed by atoms with Crippen molar-refractivity contribution in [2.75, 3.05) is 0 Å². The predicted molar refractivity (Wildman–Crippen MR) is 133 cm³/mol. The summed E-state index contributed by atoms with van der Waals surface area (Å²) in [6.07, 6.45) is 6.30. The van der Waals surface area contributed by atoms with E-state index in [2.05, 4.69) is 20.8 Å². The van der Waals surface area contributed by atoms with Crippen LogP contribution in [0.3, 0.4) is 0 Å². The zero-order valence-electron chi connectivity index (χ0n) is 21.6. The summed E-state index contributed by atoms with van der Waals surface area (Å²) in [6.45, 7) is 17.0. The number of ketones is 3. The zero-order chi connectivity index (χ0) is 24.9. The highest BCUT2D eigenvalue weighted by molar-refractivity contribution is 5.93. The molecule has 0 amide bonds. The number of hydrogen-bond donors (Lipinski definition) is 1. The summed E-state index contributed by atoms with van der Waals surface area (Å²) in [5.41, 5.74) is 0.317. The molecule has 1 aromatic rings. The fourth-order valence-corrected chi connectivity index (χ4v) is 1.72. The summed E-state index contributed by atoms with van der Waals surface area (Å²) >= 11 is 0. The monoisotopic (exact) mass is 436 g/mol. The van der Waals surface area contributed by atoms with E-state index in [9.17, 15) is 14.4 Å². The van der Waals surface area contributed by atoms with Gasteiger partial charge in [0, 0.05) is 24.8 Å². The average Bonchev–Trinajstić information content (AvgIpc) is 2.72. The number of benzene rings is 1. The van der Waals surface area contributed by atoms with E-state index in [1.807, 2.05) is 44.2 Å². The molecule has 1 rings (SSSR count). The molecule has 1 aromatic carbocycles. The van der Waals surface area contributed by atoms with Crippen LogP contribution in [0.25, 0.3) is 0 Å². The summed E-state index contributed by atoms with van der Waals surface area (Å²) in [7, 11) is 0. The minimum Gasteiger partial charge on any atom is -0.390 e. The van der Waals surface area contributed by atoms with E-state index in [-0.39, 0.29) is 5.78 Å². The van der Waals surface area contributed by atoms with Crippen LogP contribution >= 0.6 is 0 Å². The van der Waals surface area contributed by atoms with E-state index in [0.29, 0.717) is 23.9 Å². The largest absolute Gasteiger partial charge is 0.390 e. The molecule has 4 heteroatoms. The Bertz CT molecular complexity index is 569. The lowest BCUT2D eigenvalue weighted by atomic mass is 10.1. The van der Waals surface area contributed by atoms with Gasteiger partial charge in [0.25, 0.3) is 0 Å². The van der Waals surface area contributed by atoms with E-state index in [1.165, 1.54) is 0 Å². The highest BCUT2D eigenvalue weighted by atomic mass is 16.3. The van der Waals surface area contributed by atoms with Crippen molar-refractivity contribution in [2.24, 2.45) is 5.92 Å². The summed E-state index contributed by atoms with van der Waals surface area (Å²) in [5.74, 6) is 1.49. The van der Waals surface area contributed by atoms with Crippen LogP contribution < -0.4 is 0 Å². The minimum atomic E-state index is -0.458. The smallest absolute Gasteiger partial charge is 0.159 e. The Labute approximate surface area is 191 Å². The van der Waals surface area contributed by atoms with Crippen LogP contribution in [0.1, 0.15) is 118 Å². The van der Waals surface area contributed by atoms with Crippen LogP contribution in [-0.2, 0) is 9.59 Å². The van der Waals surface area contributed by atoms with Crippen molar-refractivity contribution >= 4 is 17.3 Å². The van der Waals surface area contributed by atoms with Crippen molar-refractivity contribution in [1.29, 1.82) is 0 Å². The Kier molecular flexibility index (Phi) is 23.4. The first-order chi connectivity index (χ1) is 14.3. The zero-order valence-corrected chi connectivity index (χ0v) is 21.6. The molecule has 0 radical (unpaired) electrons. The molecule has 0 aliphatic rings. The van der Waals surface area contributed by atoms with E-state index in [1.54, 1.807) is 27.7 Å². The Balaban J connectivity index is -0.000000341. The third-order valence-corrected chi connectivity index (χ3v) is 4.32. The van der Waals surface area contributed by atoms with Crippen molar-refractivity contribution in [1.82, 2.24) is 0 Å². The van der Waals surface area contributed by atoms with Crippen LogP contribution in [0, 0.1) is 5.92 Å². The molecule has 4 nitrogen and oxygen atoms in total. The lowest BCUT2D eigenvalue weighted by Crippen LogP contribution is -2.15. The average molecular weight is 437 g/mol. The second-order valence-electron chi connectivity index (χ2n) is 8.72. The number of carbonyl (C=O) groups is 3. The van der Waals surface area contributed by atoms with E-state index >= 15 is 0 Å². The van der Waals surface area contributed by atoms with Gasteiger partial charge in [-0.2, -0.15) is 0 Å². The number of hydrogen-bond acceptors (Lipinski definition) is 4. The van der Waals surface area contributed by atoms with Gasteiger partial charge in [-0.3, -0.25) is 9.59 Å². The molecule has 0 fully saturated rings. The van der Waals surface area contributed by atoms with Gasteiger partial charge < -0.3 is 9.90 Å². The molecule has 0 heterocycles. The van der Waals surface area contributed by atoms with Crippen LogP contribution in [0.15, 0.2) is 30.3 Å². The van der Waals surface area contributed by atoms with Gasteiger partial charge in [-0.1, -0.05) is 71.4 Å². The molecule has 0 saturated heterocycles. The maximum absolute atomic E-state index is 10.6. The molecule has 0 bridgehead atoms. The highest BCUT2D eigenvalue weighted by Gasteiger charge is 2.05. The number of aliphatic hydroxyl groups is 1. The van der Waals surface area contributed by atoms with Gasteiger partial charge in [-0.05, 0) is 52.9 Å². The second-order valence-corrected chi connectivity index (χ2v) is 8.72. The van der Waals surface area contributed by atoms with Crippen molar-refractivity contribution < 1.29 is 19.5 Å². The number of carbonyl (C=O) groups excluding carboxylic acids is 3. The van der Waals surface area contributed by atoms with Crippen LogP contribution in [-0.4, -0.2) is 28.1 Å². The molecule has 0 unspecified atom stereocenters. The van der Waals surface area contributed by atoms with Crippen molar-refractivity contribution in [3.8, 4) is 0 Å². The Morgan fingerprint density at radius 1 is 0.935 bits per heavy atom. The predicted octanol–water partition coefficient (Wildman–Crippen LogP) is 7.22. The molecule has 0 aromatic heterocycles. The van der Waals surface area contributed by atoms with E-state index in [4.69, 9.17) is 5.11 Å².